The Kier molecular flexibility index (Phi) is 5.96. The number of nitrogens with one attached hydrogen (secondary N) is 2. The van der Waals surface area contributed by atoms with Crippen LogP contribution in [0.25, 0.3) is 0 Å². The minimum atomic E-state index is -0.173. The second-order valence-electron chi connectivity index (χ2n) is 6.53. The lowest BCUT2D eigenvalue weighted by molar-refractivity contribution is 0.0950. The van der Waals surface area contributed by atoms with Crippen LogP contribution in [-0.2, 0) is 6.54 Å². The maximum Gasteiger partial charge on any atom is 0.253 e. The monoisotopic (exact) mass is 396 g/mol. The van der Waals surface area contributed by atoms with Gasteiger partial charge in [-0.25, -0.2) is 4.98 Å². The molecule has 6 heteroatoms. The van der Waals surface area contributed by atoms with E-state index in [1.165, 1.54) is 0 Å². The Morgan fingerprint density at radius 3 is 2.27 bits per heavy atom. The Morgan fingerprint density at radius 2 is 1.57 bits per heavy atom. The fourth-order valence-electron chi connectivity index (χ4n) is 2.77. The molecular weight excluding hydrogens is 376 g/mol. The van der Waals surface area contributed by atoms with E-state index >= 15 is 0 Å². The van der Waals surface area contributed by atoms with E-state index in [4.69, 9.17) is 4.74 Å². The SMILES string of the molecule is O=C(NCc1ccncc1)c1ccc(Nc2ccc(Oc3ccccc3)cc2)nc1. The van der Waals surface area contributed by atoms with E-state index in [-0.39, 0.29) is 5.91 Å². The molecule has 0 unspecified atom stereocenters. The first-order valence-electron chi connectivity index (χ1n) is 9.49. The predicted octanol–water partition coefficient (Wildman–Crippen LogP) is 4.94. The summed E-state index contributed by atoms with van der Waals surface area (Å²) in [6.45, 7) is 0.443. The molecule has 148 valence electrons. The largest absolute Gasteiger partial charge is 0.457 e. The van der Waals surface area contributed by atoms with E-state index in [1.54, 1.807) is 30.7 Å². The first-order chi connectivity index (χ1) is 14.8. The summed E-state index contributed by atoms with van der Waals surface area (Å²) >= 11 is 0. The molecule has 0 aliphatic heterocycles. The van der Waals surface area contributed by atoms with Gasteiger partial charge >= 0.3 is 0 Å². The number of pyridine rings is 2. The summed E-state index contributed by atoms with van der Waals surface area (Å²) in [7, 11) is 0. The van der Waals surface area contributed by atoms with Crippen LogP contribution in [-0.4, -0.2) is 15.9 Å². The number of carbonyl (C=O) groups is 1. The zero-order valence-corrected chi connectivity index (χ0v) is 16.2. The standard InChI is InChI=1S/C24H20N4O2/c29-24(27-16-18-12-14-25-15-13-18)19-6-11-23(26-17-19)28-20-7-9-22(10-8-20)30-21-4-2-1-3-5-21/h1-15,17H,16H2,(H,26,28)(H,27,29). The van der Waals surface area contributed by atoms with Crippen LogP contribution >= 0.6 is 0 Å². The van der Waals surface area contributed by atoms with Gasteiger partial charge in [-0.3, -0.25) is 9.78 Å². The summed E-state index contributed by atoms with van der Waals surface area (Å²) in [5.41, 5.74) is 2.36. The fraction of sp³-hybridized carbons (Fsp3) is 0.0417. The Balaban J connectivity index is 1.32. The van der Waals surface area contributed by atoms with Gasteiger partial charge in [0.2, 0.25) is 0 Å². The summed E-state index contributed by atoms with van der Waals surface area (Å²) in [6, 6.07) is 24.5. The summed E-state index contributed by atoms with van der Waals surface area (Å²) in [5.74, 6) is 2.02. The molecule has 4 aromatic rings. The van der Waals surface area contributed by atoms with Crippen molar-refractivity contribution in [1.29, 1.82) is 0 Å². The maximum atomic E-state index is 12.3. The molecule has 0 radical (unpaired) electrons. The van der Waals surface area contributed by atoms with Crippen molar-refractivity contribution in [1.82, 2.24) is 15.3 Å². The van der Waals surface area contributed by atoms with Crippen LogP contribution in [0.3, 0.4) is 0 Å². The second-order valence-corrected chi connectivity index (χ2v) is 6.53. The first kappa shape index (κ1) is 19.1. The van der Waals surface area contributed by atoms with Crippen molar-refractivity contribution in [3.05, 3.63) is 109 Å². The van der Waals surface area contributed by atoms with Crippen molar-refractivity contribution in [2.75, 3.05) is 5.32 Å². The molecule has 4 rings (SSSR count). The minimum Gasteiger partial charge on any atom is -0.457 e. The highest BCUT2D eigenvalue weighted by Gasteiger charge is 2.06. The molecule has 0 fully saturated rings. The highest BCUT2D eigenvalue weighted by Crippen LogP contribution is 2.23. The molecule has 30 heavy (non-hydrogen) atoms. The Bertz CT molecular complexity index is 1080. The van der Waals surface area contributed by atoms with Gasteiger partial charge in [0.15, 0.2) is 0 Å². The van der Waals surface area contributed by atoms with Gasteiger partial charge in [-0.1, -0.05) is 18.2 Å². The van der Waals surface area contributed by atoms with Crippen LogP contribution in [0.2, 0.25) is 0 Å². The Hall–Kier alpha value is -4.19. The van der Waals surface area contributed by atoms with E-state index in [0.717, 1.165) is 22.7 Å². The topological polar surface area (TPSA) is 76.1 Å². The number of hydrogen-bond acceptors (Lipinski definition) is 5. The Morgan fingerprint density at radius 1 is 0.833 bits per heavy atom. The van der Waals surface area contributed by atoms with Crippen LogP contribution in [0, 0.1) is 0 Å². The molecule has 0 spiro atoms. The average molecular weight is 396 g/mol. The zero-order valence-electron chi connectivity index (χ0n) is 16.2. The third kappa shape index (κ3) is 5.20. The summed E-state index contributed by atoms with van der Waals surface area (Å²) in [5, 5.41) is 6.08. The highest BCUT2D eigenvalue weighted by atomic mass is 16.5. The lowest BCUT2D eigenvalue weighted by atomic mass is 10.2. The lowest BCUT2D eigenvalue weighted by Crippen LogP contribution is -2.22. The first-order valence-corrected chi connectivity index (χ1v) is 9.49. The van der Waals surface area contributed by atoms with Crippen molar-refractivity contribution in [2.24, 2.45) is 0 Å². The van der Waals surface area contributed by atoms with Crippen molar-refractivity contribution in [2.45, 2.75) is 6.54 Å². The lowest BCUT2D eigenvalue weighted by Gasteiger charge is -2.09. The highest BCUT2D eigenvalue weighted by molar-refractivity contribution is 5.94. The van der Waals surface area contributed by atoms with Gasteiger partial charge < -0.3 is 15.4 Å². The van der Waals surface area contributed by atoms with Gasteiger partial charge in [0.25, 0.3) is 5.91 Å². The molecule has 0 saturated carbocycles. The van der Waals surface area contributed by atoms with Gasteiger partial charge in [0.05, 0.1) is 5.56 Å². The van der Waals surface area contributed by atoms with Gasteiger partial charge in [-0.15, -0.1) is 0 Å². The molecule has 0 atom stereocenters. The number of ether oxygens (including phenoxy) is 1. The van der Waals surface area contributed by atoms with Gasteiger partial charge in [-0.05, 0) is 66.2 Å². The number of hydrogen-bond donors (Lipinski definition) is 2. The predicted molar refractivity (Wildman–Crippen MR) is 116 cm³/mol. The number of nitrogens with zero attached hydrogens (tertiary/aromatic N) is 2. The molecule has 1 amide bonds. The summed E-state index contributed by atoms with van der Waals surface area (Å²) in [6.07, 6.45) is 4.95. The van der Waals surface area contributed by atoms with Crippen molar-refractivity contribution < 1.29 is 9.53 Å². The fourth-order valence-corrected chi connectivity index (χ4v) is 2.77. The van der Waals surface area contributed by atoms with Crippen LogP contribution in [0.1, 0.15) is 15.9 Å². The molecule has 0 bridgehead atoms. The van der Waals surface area contributed by atoms with E-state index < -0.39 is 0 Å². The van der Waals surface area contributed by atoms with E-state index in [9.17, 15) is 4.79 Å². The molecule has 0 aliphatic carbocycles. The van der Waals surface area contributed by atoms with Gasteiger partial charge in [0.1, 0.15) is 17.3 Å². The molecule has 2 aromatic carbocycles. The van der Waals surface area contributed by atoms with Crippen LogP contribution in [0.15, 0.2) is 97.5 Å². The van der Waals surface area contributed by atoms with Gasteiger partial charge in [-0.2, -0.15) is 0 Å². The smallest absolute Gasteiger partial charge is 0.253 e. The Labute approximate surface area is 174 Å². The minimum absolute atomic E-state index is 0.173. The molecular formula is C24H20N4O2. The summed E-state index contributed by atoms with van der Waals surface area (Å²) in [4.78, 5) is 20.6. The normalized spacial score (nSPS) is 10.3. The van der Waals surface area contributed by atoms with Crippen molar-refractivity contribution >= 4 is 17.4 Å². The third-order valence-corrected chi connectivity index (χ3v) is 4.33. The molecule has 0 aliphatic rings. The van der Waals surface area contributed by atoms with E-state index in [2.05, 4.69) is 20.6 Å². The van der Waals surface area contributed by atoms with E-state index in [1.807, 2.05) is 66.7 Å². The number of anilines is 2. The number of benzene rings is 2. The van der Waals surface area contributed by atoms with E-state index in [0.29, 0.717) is 17.9 Å². The number of rotatable bonds is 7. The zero-order chi connectivity index (χ0) is 20.6. The second kappa shape index (κ2) is 9.34. The molecule has 2 heterocycles. The number of aromatic nitrogens is 2. The maximum absolute atomic E-state index is 12.3. The molecule has 2 N–H and O–H groups in total. The number of amides is 1. The molecule has 6 nitrogen and oxygen atoms in total. The number of para-hydroxylation sites is 1. The van der Waals surface area contributed by atoms with Gasteiger partial charge in [0, 0.05) is 30.8 Å². The summed E-state index contributed by atoms with van der Waals surface area (Å²) < 4.78 is 5.79. The molecule has 2 aromatic heterocycles. The molecule has 0 saturated heterocycles. The number of carbonyl (C=O) groups excluding carboxylic acids is 1. The van der Waals surface area contributed by atoms with Crippen LogP contribution in [0.5, 0.6) is 11.5 Å². The van der Waals surface area contributed by atoms with Crippen LogP contribution in [0.4, 0.5) is 11.5 Å². The van der Waals surface area contributed by atoms with Crippen molar-refractivity contribution in [3.63, 3.8) is 0 Å². The third-order valence-electron chi connectivity index (χ3n) is 4.33. The van der Waals surface area contributed by atoms with Crippen molar-refractivity contribution in [3.8, 4) is 11.5 Å². The quantitative estimate of drug-likeness (QED) is 0.463. The van der Waals surface area contributed by atoms with Crippen LogP contribution < -0.4 is 15.4 Å². The average Bonchev–Trinajstić information content (AvgIpc) is 2.81.